The van der Waals surface area contributed by atoms with Gasteiger partial charge in [-0.15, -0.1) is 0 Å². The molecule has 0 saturated heterocycles. The number of para-hydroxylation sites is 1. The number of ether oxygens (including phenoxy) is 1. The van der Waals surface area contributed by atoms with E-state index in [9.17, 15) is 19.7 Å². The van der Waals surface area contributed by atoms with E-state index in [4.69, 9.17) is 4.74 Å². The normalized spacial score (nSPS) is 11.5. The lowest BCUT2D eigenvalue weighted by Gasteiger charge is -2.19. The van der Waals surface area contributed by atoms with Crippen molar-refractivity contribution < 1.29 is 19.2 Å². The van der Waals surface area contributed by atoms with Crippen LogP contribution in [0.3, 0.4) is 0 Å². The first kappa shape index (κ1) is 15.7. The Morgan fingerprint density at radius 2 is 1.91 bits per heavy atom. The number of nitro groups is 1. The minimum absolute atomic E-state index is 0.0620. The first-order chi connectivity index (χ1) is 10.1. The van der Waals surface area contributed by atoms with Crippen LogP contribution in [0.2, 0.25) is 0 Å². The Hall–Kier alpha value is -2.70. The SMILES string of the molecule is CC(=O)c1cn(C(=O)OC(C)(C)C)c2c([N+](=O)[O-])cccc12. The zero-order chi connectivity index (χ0) is 16.7. The van der Waals surface area contributed by atoms with Gasteiger partial charge < -0.3 is 4.74 Å². The zero-order valence-corrected chi connectivity index (χ0v) is 12.7. The molecule has 0 atom stereocenters. The van der Waals surface area contributed by atoms with Crippen molar-refractivity contribution in [3.63, 3.8) is 0 Å². The minimum atomic E-state index is -0.765. The van der Waals surface area contributed by atoms with Crippen LogP contribution in [0.5, 0.6) is 0 Å². The van der Waals surface area contributed by atoms with Gasteiger partial charge in [0, 0.05) is 23.2 Å². The molecule has 0 radical (unpaired) electrons. The summed E-state index contributed by atoms with van der Waals surface area (Å²) in [5.74, 6) is -0.284. The summed E-state index contributed by atoms with van der Waals surface area (Å²) in [6.07, 6.45) is 0.521. The molecule has 0 amide bonds. The summed E-state index contributed by atoms with van der Waals surface area (Å²) in [5, 5.41) is 11.6. The van der Waals surface area contributed by atoms with Gasteiger partial charge in [-0.3, -0.25) is 14.9 Å². The quantitative estimate of drug-likeness (QED) is 0.481. The van der Waals surface area contributed by atoms with E-state index in [-0.39, 0.29) is 22.6 Å². The number of non-ortho nitro benzene ring substituents is 1. The molecule has 7 nitrogen and oxygen atoms in total. The number of carbonyl (C=O) groups is 2. The van der Waals surface area contributed by atoms with Gasteiger partial charge in [0.05, 0.1) is 4.92 Å². The number of ketones is 1. The highest BCUT2D eigenvalue weighted by Gasteiger charge is 2.26. The summed E-state index contributed by atoms with van der Waals surface area (Å²) in [4.78, 5) is 34.6. The van der Waals surface area contributed by atoms with E-state index < -0.39 is 16.6 Å². The molecule has 1 aromatic heterocycles. The Balaban J connectivity index is 2.75. The number of carbonyl (C=O) groups excluding carboxylic acids is 2. The Labute approximate surface area is 126 Å². The Morgan fingerprint density at radius 1 is 1.27 bits per heavy atom. The van der Waals surface area contributed by atoms with Gasteiger partial charge in [-0.1, -0.05) is 12.1 Å². The Bertz CT molecular complexity index is 783. The van der Waals surface area contributed by atoms with E-state index in [1.165, 1.54) is 25.3 Å². The third-order valence-electron chi connectivity index (χ3n) is 2.97. The first-order valence-corrected chi connectivity index (χ1v) is 6.64. The highest BCUT2D eigenvalue weighted by atomic mass is 16.6. The van der Waals surface area contributed by atoms with Crippen LogP contribution in [0.4, 0.5) is 10.5 Å². The molecule has 0 bridgehead atoms. The molecule has 2 rings (SSSR count). The van der Waals surface area contributed by atoms with Crippen LogP contribution in [0.1, 0.15) is 38.1 Å². The van der Waals surface area contributed by atoms with E-state index in [0.29, 0.717) is 5.39 Å². The van der Waals surface area contributed by atoms with Crippen molar-refractivity contribution in [2.45, 2.75) is 33.3 Å². The minimum Gasteiger partial charge on any atom is -0.443 e. The maximum Gasteiger partial charge on any atom is 0.419 e. The molecule has 0 aliphatic rings. The molecule has 0 aliphatic heterocycles. The third-order valence-corrected chi connectivity index (χ3v) is 2.97. The van der Waals surface area contributed by atoms with Crippen LogP contribution in [-0.4, -0.2) is 27.0 Å². The highest BCUT2D eigenvalue weighted by Crippen LogP contribution is 2.30. The van der Waals surface area contributed by atoms with Crippen LogP contribution >= 0.6 is 0 Å². The molecule has 1 aromatic carbocycles. The van der Waals surface area contributed by atoms with Crippen LogP contribution < -0.4 is 0 Å². The fourth-order valence-corrected chi connectivity index (χ4v) is 2.15. The molecule has 2 aromatic rings. The predicted octanol–water partition coefficient (Wildman–Crippen LogP) is 3.54. The molecule has 0 fully saturated rings. The maximum absolute atomic E-state index is 12.3. The number of hydrogen-bond donors (Lipinski definition) is 0. The predicted molar refractivity (Wildman–Crippen MR) is 80.2 cm³/mol. The number of aromatic nitrogens is 1. The summed E-state index contributed by atoms with van der Waals surface area (Å²) in [7, 11) is 0. The van der Waals surface area contributed by atoms with Crippen molar-refractivity contribution in [2.75, 3.05) is 0 Å². The zero-order valence-electron chi connectivity index (χ0n) is 12.7. The molecule has 0 aliphatic carbocycles. The number of nitrogens with zero attached hydrogens (tertiary/aromatic N) is 2. The van der Waals surface area contributed by atoms with Gasteiger partial charge in [-0.05, 0) is 27.7 Å². The van der Waals surface area contributed by atoms with Crippen LogP contribution in [0.15, 0.2) is 24.4 Å². The molecule has 1 heterocycles. The second-order valence-electron chi connectivity index (χ2n) is 5.88. The van der Waals surface area contributed by atoms with Crippen LogP contribution in [-0.2, 0) is 4.74 Å². The smallest absolute Gasteiger partial charge is 0.419 e. The van der Waals surface area contributed by atoms with Crippen molar-refractivity contribution >= 4 is 28.5 Å². The lowest BCUT2D eigenvalue weighted by Crippen LogP contribution is -2.26. The molecule has 0 saturated carbocycles. The Kier molecular flexibility index (Phi) is 3.74. The summed E-state index contributed by atoms with van der Waals surface area (Å²) in [6, 6.07) is 4.33. The van der Waals surface area contributed by atoms with Crippen molar-refractivity contribution in [3.8, 4) is 0 Å². The number of Topliss-reactive ketones (excluding diaryl/α,β-unsaturated/α-hetero) is 1. The molecule has 0 unspecified atom stereocenters. The van der Waals surface area contributed by atoms with Gasteiger partial charge in [0.1, 0.15) is 11.1 Å². The molecule has 7 heteroatoms. The second-order valence-corrected chi connectivity index (χ2v) is 5.88. The number of benzene rings is 1. The molecule has 116 valence electrons. The van der Waals surface area contributed by atoms with Crippen molar-refractivity contribution in [3.05, 3.63) is 40.1 Å². The molecular weight excluding hydrogens is 288 g/mol. The van der Waals surface area contributed by atoms with Crippen molar-refractivity contribution in [2.24, 2.45) is 0 Å². The monoisotopic (exact) mass is 304 g/mol. The van der Waals surface area contributed by atoms with E-state index >= 15 is 0 Å². The molecule has 0 N–H and O–H groups in total. The van der Waals surface area contributed by atoms with Gasteiger partial charge in [0.15, 0.2) is 5.78 Å². The molecular formula is C15H16N2O5. The van der Waals surface area contributed by atoms with E-state index in [1.807, 2.05) is 0 Å². The van der Waals surface area contributed by atoms with Crippen LogP contribution in [0, 0.1) is 10.1 Å². The molecule has 0 spiro atoms. The van der Waals surface area contributed by atoms with E-state index in [2.05, 4.69) is 0 Å². The second kappa shape index (κ2) is 5.25. The largest absolute Gasteiger partial charge is 0.443 e. The van der Waals surface area contributed by atoms with Gasteiger partial charge in [-0.2, -0.15) is 0 Å². The summed E-state index contributed by atoms with van der Waals surface area (Å²) in [5.41, 5.74) is -0.708. The Morgan fingerprint density at radius 3 is 2.41 bits per heavy atom. The lowest BCUT2D eigenvalue weighted by atomic mass is 10.1. The van der Waals surface area contributed by atoms with Crippen molar-refractivity contribution in [1.29, 1.82) is 0 Å². The van der Waals surface area contributed by atoms with Gasteiger partial charge in [0.25, 0.3) is 5.69 Å². The van der Waals surface area contributed by atoms with E-state index in [0.717, 1.165) is 4.57 Å². The molecule has 22 heavy (non-hydrogen) atoms. The van der Waals surface area contributed by atoms with Gasteiger partial charge >= 0.3 is 6.09 Å². The standard InChI is InChI=1S/C15H16N2O5/c1-9(18)11-8-16(14(19)22-15(2,3)4)13-10(11)6-5-7-12(13)17(20)21/h5-8H,1-4H3. The number of rotatable bonds is 2. The van der Waals surface area contributed by atoms with Crippen molar-refractivity contribution in [1.82, 2.24) is 4.57 Å². The maximum atomic E-state index is 12.3. The first-order valence-electron chi connectivity index (χ1n) is 6.64. The van der Waals surface area contributed by atoms with Gasteiger partial charge in [-0.25, -0.2) is 9.36 Å². The summed E-state index contributed by atoms with van der Waals surface area (Å²) < 4.78 is 6.27. The van der Waals surface area contributed by atoms with Gasteiger partial charge in [0.2, 0.25) is 0 Å². The number of hydrogen-bond acceptors (Lipinski definition) is 5. The average molecular weight is 304 g/mol. The third kappa shape index (κ3) is 2.83. The highest BCUT2D eigenvalue weighted by molar-refractivity contribution is 6.11. The fourth-order valence-electron chi connectivity index (χ4n) is 2.15. The summed E-state index contributed by atoms with van der Waals surface area (Å²) >= 11 is 0. The average Bonchev–Trinajstić information content (AvgIpc) is 2.75. The van der Waals surface area contributed by atoms with E-state index in [1.54, 1.807) is 26.8 Å². The summed E-state index contributed by atoms with van der Waals surface area (Å²) in [6.45, 7) is 6.41. The number of fused-ring (bicyclic) bond motifs is 1. The number of nitro benzene ring substituents is 1. The van der Waals surface area contributed by atoms with Crippen LogP contribution in [0.25, 0.3) is 10.9 Å². The lowest BCUT2D eigenvalue weighted by molar-refractivity contribution is -0.383. The topological polar surface area (TPSA) is 91.4 Å². The fraction of sp³-hybridized carbons (Fsp3) is 0.333.